The molecule has 0 spiro atoms. The largest absolute Gasteiger partial charge is 0.472 e. The van der Waals surface area contributed by atoms with Gasteiger partial charge in [-0.3, -0.25) is 37.3 Å². The van der Waals surface area contributed by atoms with E-state index in [0.717, 1.165) is 114 Å². The van der Waals surface area contributed by atoms with E-state index in [0.29, 0.717) is 31.6 Å². The Hall–Kier alpha value is -1.94. The van der Waals surface area contributed by atoms with Gasteiger partial charge in [0, 0.05) is 25.7 Å². The summed E-state index contributed by atoms with van der Waals surface area (Å²) in [5.74, 6) is 0.869. The van der Waals surface area contributed by atoms with Crippen LogP contribution in [0, 0.1) is 23.7 Å². The number of aliphatic hydroxyl groups is 1. The third kappa shape index (κ3) is 68.4. The fraction of sp³-hybridized carbons (Fsp3) is 0.946. The van der Waals surface area contributed by atoms with Crippen molar-refractivity contribution in [1.82, 2.24) is 0 Å². The van der Waals surface area contributed by atoms with Crippen LogP contribution in [0.4, 0.5) is 0 Å². The molecular formula is C74H144O17P2. The molecule has 0 bridgehead atoms. The molecule has 0 aromatic carbocycles. The molecule has 0 amide bonds. The van der Waals surface area contributed by atoms with Gasteiger partial charge in [-0.2, -0.15) is 0 Å². The highest BCUT2D eigenvalue weighted by Gasteiger charge is 2.30. The summed E-state index contributed by atoms with van der Waals surface area (Å²) in [6.07, 6.45) is 47.3. The molecule has 5 atom stereocenters. The van der Waals surface area contributed by atoms with Crippen molar-refractivity contribution in [2.24, 2.45) is 23.7 Å². The number of carbonyl (C=O) groups excluding carboxylic acids is 4. The molecule has 552 valence electrons. The Morgan fingerprint density at radius 2 is 0.452 bits per heavy atom. The number of phosphoric acid groups is 2. The summed E-state index contributed by atoms with van der Waals surface area (Å²) in [5, 5.41) is 10.6. The van der Waals surface area contributed by atoms with Crippen LogP contribution in [0.3, 0.4) is 0 Å². The lowest BCUT2D eigenvalue weighted by molar-refractivity contribution is -0.161. The Labute approximate surface area is 568 Å². The minimum atomic E-state index is -4.96. The van der Waals surface area contributed by atoms with E-state index in [1.165, 1.54) is 167 Å². The number of rotatable bonds is 71. The molecule has 0 aliphatic rings. The molecule has 0 aliphatic heterocycles. The summed E-state index contributed by atoms with van der Waals surface area (Å²) in [7, 11) is -9.91. The van der Waals surface area contributed by atoms with Gasteiger partial charge in [-0.15, -0.1) is 0 Å². The first-order chi connectivity index (χ1) is 44.6. The normalized spacial score (nSPS) is 14.2. The lowest BCUT2D eigenvalue weighted by Crippen LogP contribution is -2.30. The van der Waals surface area contributed by atoms with Crippen molar-refractivity contribution in [1.29, 1.82) is 0 Å². The van der Waals surface area contributed by atoms with E-state index in [4.69, 9.17) is 37.0 Å². The van der Waals surface area contributed by atoms with Gasteiger partial charge in [-0.05, 0) is 49.4 Å². The first-order valence-electron chi connectivity index (χ1n) is 38.2. The third-order valence-electron chi connectivity index (χ3n) is 17.1. The highest BCUT2D eigenvalue weighted by atomic mass is 31.2. The predicted octanol–water partition coefficient (Wildman–Crippen LogP) is 21.3. The number of hydrogen-bond donors (Lipinski definition) is 3. The lowest BCUT2D eigenvalue weighted by atomic mass is 10.0. The van der Waals surface area contributed by atoms with Crippen LogP contribution in [0.25, 0.3) is 0 Å². The molecule has 19 heteroatoms. The molecule has 0 aliphatic carbocycles. The number of unbranched alkanes of at least 4 members (excludes halogenated alkanes) is 37. The zero-order chi connectivity index (χ0) is 68.9. The summed E-state index contributed by atoms with van der Waals surface area (Å²) in [6.45, 7) is 14.1. The SMILES string of the molecule is CC(C)CCCCCCCCCCCCCCCCCCC(=O)O[C@H](COC(=O)CCCCCCCCCCCC(C)C)COP(=O)(O)OCC(O)COP(=O)(O)OC[C@@H](COC(=O)CCCCCCCCCC(C)C)OC(=O)CCCCCCCCCCCC(C)C. The van der Waals surface area contributed by atoms with E-state index >= 15 is 0 Å². The Bertz CT molecular complexity index is 1830. The number of carbonyl (C=O) groups is 4. The van der Waals surface area contributed by atoms with Crippen molar-refractivity contribution >= 4 is 39.5 Å². The van der Waals surface area contributed by atoms with E-state index in [2.05, 4.69) is 55.4 Å². The first kappa shape index (κ1) is 91.1. The van der Waals surface area contributed by atoms with Crippen LogP contribution < -0.4 is 0 Å². The molecule has 0 aromatic heterocycles. The quantitative estimate of drug-likeness (QED) is 0.0222. The van der Waals surface area contributed by atoms with E-state index in [1.54, 1.807) is 0 Å². The fourth-order valence-electron chi connectivity index (χ4n) is 11.2. The van der Waals surface area contributed by atoms with Crippen LogP contribution >= 0.6 is 15.6 Å². The van der Waals surface area contributed by atoms with Crippen molar-refractivity contribution in [2.45, 2.75) is 388 Å². The van der Waals surface area contributed by atoms with E-state index in [9.17, 15) is 43.2 Å². The van der Waals surface area contributed by atoms with Gasteiger partial charge in [0.2, 0.25) is 0 Å². The fourth-order valence-corrected chi connectivity index (χ4v) is 12.8. The van der Waals surface area contributed by atoms with Gasteiger partial charge in [0.15, 0.2) is 12.2 Å². The molecule has 0 saturated carbocycles. The standard InChI is InChI=1S/C74H144O17P2/c1-64(2)50-42-34-26-19-15-13-11-9-10-12-14-16-22-31-40-48-56-73(78)90-69(60-84-71(76)54-46-38-30-23-17-20-27-35-43-51-65(3)4)62-88-92(80,81)86-58-68(75)59-87-93(82,83)89-63-70(61-85-72(77)55-47-39-33-25-29-37-45-53-67(7)8)91-74(79)57-49-41-32-24-18-21-28-36-44-52-66(5)6/h64-70,75H,9-63H2,1-8H3,(H,80,81)(H,82,83)/t68?,69-,70-/m1/s1. The topological polar surface area (TPSA) is 237 Å². The van der Waals surface area contributed by atoms with E-state index < -0.39 is 97.5 Å². The average Bonchev–Trinajstić information content (AvgIpc) is 1.52. The van der Waals surface area contributed by atoms with Gasteiger partial charge >= 0.3 is 39.5 Å². The minimum Gasteiger partial charge on any atom is -0.462 e. The van der Waals surface area contributed by atoms with Crippen LogP contribution in [-0.4, -0.2) is 96.7 Å². The molecule has 0 radical (unpaired) electrons. The minimum absolute atomic E-state index is 0.104. The van der Waals surface area contributed by atoms with Gasteiger partial charge in [-0.25, -0.2) is 9.13 Å². The summed E-state index contributed by atoms with van der Waals surface area (Å²) >= 11 is 0. The number of hydrogen-bond acceptors (Lipinski definition) is 15. The Balaban J connectivity index is 5.23. The molecule has 0 rings (SSSR count). The number of phosphoric ester groups is 2. The Morgan fingerprint density at radius 3 is 0.667 bits per heavy atom. The van der Waals surface area contributed by atoms with Crippen LogP contribution in [-0.2, 0) is 65.4 Å². The van der Waals surface area contributed by atoms with Crippen LogP contribution in [0.15, 0.2) is 0 Å². The van der Waals surface area contributed by atoms with Crippen molar-refractivity contribution in [2.75, 3.05) is 39.6 Å². The second kappa shape index (κ2) is 63.5. The summed E-state index contributed by atoms with van der Waals surface area (Å²) in [5.41, 5.74) is 0. The number of esters is 4. The van der Waals surface area contributed by atoms with Crippen LogP contribution in [0.5, 0.6) is 0 Å². The predicted molar refractivity (Wildman–Crippen MR) is 377 cm³/mol. The second-order valence-electron chi connectivity index (χ2n) is 28.6. The maximum atomic E-state index is 13.1. The van der Waals surface area contributed by atoms with Crippen molar-refractivity contribution < 1.29 is 80.2 Å². The molecule has 3 N–H and O–H groups in total. The Morgan fingerprint density at radius 1 is 0.269 bits per heavy atom. The maximum Gasteiger partial charge on any atom is 0.472 e. The first-order valence-corrected chi connectivity index (χ1v) is 41.2. The van der Waals surface area contributed by atoms with Gasteiger partial charge in [0.25, 0.3) is 0 Å². The molecule has 0 aromatic rings. The van der Waals surface area contributed by atoms with Crippen molar-refractivity contribution in [3.63, 3.8) is 0 Å². The molecule has 0 saturated heterocycles. The zero-order valence-electron chi connectivity index (χ0n) is 60.9. The average molecular weight is 1370 g/mol. The second-order valence-corrected chi connectivity index (χ2v) is 31.5. The van der Waals surface area contributed by atoms with E-state index in [-0.39, 0.29) is 25.7 Å². The number of aliphatic hydroxyl groups excluding tert-OH is 1. The molecule has 93 heavy (non-hydrogen) atoms. The maximum absolute atomic E-state index is 13.1. The molecule has 3 unspecified atom stereocenters. The summed E-state index contributed by atoms with van der Waals surface area (Å²) < 4.78 is 68.4. The molecule has 17 nitrogen and oxygen atoms in total. The van der Waals surface area contributed by atoms with Gasteiger partial charge in [0.05, 0.1) is 26.4 Å². The van der Waals surface area contributed by atoms with Crippen molar-refractivity contribution in [3.8, 4) is 0 Å². The van der Waals surface area contributed by atoms with Gasteiger partial charge in [0.1, 0.15) is 19.3 Å². The van der Waals surface area contributed by atoms with E-state index in [1.807, 2.05) is 0 Å². The van der Waals surface area contributed by atoms with Gasteiger partial charge in [-0.1, -0.05) is 319 Å². The molecular weight excluding hydrogens is 1220 g/mol. The highest BCUT2D eigenvalue weighted by Crippen LogP contribution is 2.45. The summed E-state index contributed by atoms with van der Waals surface area (Å²) in [6, 6.07) is 0. The lowest BCUT2D eigenvalue weighted by Gasteiger charge is -2.21. The molecule has 0 fully saturated rings. The third-order valence-corrected chi connectivity index (χ3v) is 19.0. The smallest absolute Gasteiger partial charge is 0.462 e. The highest BCUT2D eigenvalue weighted by molar-refractivity contribution is 7.47. The monoisotopic (exact) mass is 1370 g/mol. The zero-order valence-corrected chi connectivity index (χ0v) is 62.7. The number of ether oxygens (including phenoxy) is 4. The summed E-state index contributed by atoms with van der Waals surface area (Å²) in [4.78, 5) is 72.7. The molecule has 0 heterocycles. The van der Waals surface area contributed by atoms with Crippen molar-refractivity contribution in [3.05, 3.63) is 0 Å². The van der Waals surface area contributed by atoms with Crippen LogP contribution in [0.1, 0.15) is 370 Å². The van der Waals surface area contributed by atoms with Gasteiger partial charge < -0.3 is 33.8 Å². The van der Waals surface area contributed by atoms with Crippen LogP contribution in [0.2, 0.25) is 0 Å². The Kier molecular flexibility index (Phi) is 62.2.